The van der Waals surface area contributed by atoms with Crippen LogP contribution in [0.1, 0.15) is 5.56 Å². The molecule has 0 saturated carbocycles. The van der Waals surface area contributed by atoms with E-state index < -0.39 is 51.7 Å². The van der Waals surface area contributed by atoms with Crippen LogP contribution in [0.25, 0.3) is 0 Å². The fourth-order valence-corrected chi connectivity index (χ4v) is 1.76. The maximum absolute atomic E-state index is 13.6. The van der Waals surface area contributed by atoms with Crippen LogP contribution in [0.2, 0.25) is 0 Å². The van der Waals surface area contributed by atoms with Crippen molar-refractivity contribution in [2.75, 3.05) is 5.32 Å². The first-order chi connectivity index (χ1) is 9.90. The van der Waals surface area contributed by atoms with Gasteiger partial charge in [-0.05, 0) is 12.1 Å². The molecule has 21 heavy (non-hydrogen) atoms. The third-order valence-corrected chi connectivity index (χ3v) is 2.73. The van der Waals surface area contributed by atoms with Crippen LogP contribution < -0.4 is 5.32 Å². The van der Waals surface area contributed by atoms with Crippen LogP contribution in [0.5, 0.6) is 0 Å². The molecule has 0 fully saturated rings. The Morgan fingerprint density at radius 2 is 1.67 bits per heavy atom. The molecule has 2 aromatic carbocycles. The number of nitro groups is 1. The van der Waals surface area contributed by atoms with E-state index in [1.807, 2.05) is 0 Å². The van der Waals surface area contributed by atoms with Gasteiger partial charge >= 0.3 is 0 Å². The predicted octanol–water partition coefficient (Wildman–Crippen LogP) is 3.76. The van der Waals surface area contributed by atoms with Gasteiger partial charge in [-0.2, -0.15) is 0 Å². The summed E-state index contributed by atoms with van der Waals surface area (Å²) in [6, 6.07) is 4.09. The lowest BCUT2D eigenvalue weighted by molar-refractivity contribution is -0.384. The summed E-state index contributed by atoms with van der Waals surface area (Å²) >= 11 is 0. The van der Waals surface area contributed by atoms with Crippen LogP contribution in [0.3, 0.4) is 0 Å². The van der Waals surface area contributed by atoms with Gasteiger partial charge in [-0.15, -0.1) is 0 Å². The number of hydrogen-bond donors (Lipinski definition) is 1. The quantitative estimate of drug-likeness (QED) is 0.531. The molecule has 0 radical (unpaired) electrons. The predicted molar refractivity (Wildman–Crippen MR) is 66.7 cm³/mol. The molecule has 0 spiro atoms. The summed E-state index contributed by atoms with van der Waals surface area (Å²) in [6.45, 7) is -0.526. The monoisotopic (exact) mass is 300 g/mol. The molecule has 0 heterocycles. The minimum absolute atomic E-state index is 0.407. The van der Waals surface area contributed by atoms with Gasteiger partial charge in [-0.1, -0.05) is 6.07 Å². The Morgan fingerprint density at radius 1 is 1.05 bits per heavy atom. The lowest BCUT2D eigenvalue weighted by Crippen LogP contribution is -2.08. The van der Waals surface area contributed by atoms with Gasteiger partial charge in [-0.3, -0.25) is 10.1 Å². The molecule has 2 rings (SSSR count). The highest BCUT2D eigenvalue weighted by molar-refractivity contribution is 5.62. The molecule has 0 saturated heterocycles. The highest BCUT2D eigenvalue weighted by Crippen LogP contribution is 2.29. The molecule has 0 aliphatic carbocycles. The van der Waals surface area contributed by atoms with Crippen molar-refractivity contribution in [2.45, 2.75) is 6.54 Å². The summed E-state index contributed by atoms with van der Waals surface area (Å²) in [6.07, 6.45) is 0. The second-order valence-electron chi connectivity index (χ2n) is 4.09. The standard InChI is InChI=1S/C13H8F4N2O2/c14-7-4-11(17)13(12(5-7)19(20)21)18-6-8-9(15)2-1-3-10(8)16/h1-5,18H,6H2. The zero-order chi connectivity index (χ0) is 15.6. The SMILES string of the molecule is O=[N+]([O-])c1cc(F)cc(F)c1NCc1c(F)cccc1F. The van der Waals surface area contributed by atoms with Gasteiger partial charge in [-0.25, -0.2) is 17.6 Å². The molecule has 0 aliphatic rings. The first-order valence-electron chi connectivity index (χ1n) is 5.70. The van der Waals surface area contributed by atoms with Gasteiger partial charge in [0.15, 0.2) is 5.82 Å². The second kappa shape index (κ2) is 5.78. The van der Waals surface area contributed by atoms with Crippen LogP contribution in [0.15, 0.2) is 30.3 Å². The van der Waals surface area contributed by atoms with Gasteiger partial charge in [0.1, 0.15) is 23.1 Å². The Bertz CT molecular complexity index is 687. The van der Waals surface area contributed by atoms with Gasteiger partial charge < -0.3 is 5.32 Å². The number of halogens is 4. The molecular formula is C13H8F4N2O2. The Labute approximate surface area is 116 Å². The zero-order valence-corrected chi connectivity index (χ0v) is 10.4. The Kier molecular flexibility index (Phi) is 4.06. The van der Waals surface area contributed by atoms with Crippen molar-refractivity contribution >= 4 is 11.4 Å². The molecule has 2 aromatic rings. The number of nitrogens with one attached hydrogen (secondary N) is 1. The number of hydrogen-bond acceptors (Lipinski definition) is 3. The van der Waals surface area contributed by atoms with E-state index >= 15 is 0 Å². The Hall–Kier alpha value is -2.64. The van der Waals surface area contributed by atoms with Crippen molar-refractivity contribution in [1.82, 2.24) is 0 Å². The molecule has 8 heteroatoms. The molecular weight excluding hydrogens is 292 g/mol. The average Bonchev–Trinajstić information content (AvgIpc) is 2.39. The highest BCUT2D eigenvalue weighted by atomic mass is 19.1. The number of benzene rings is 2. The number of rotatable bonds is 4. The molecule has 0 aromatic heterocycles. The van der Waals surface area contributed by atoms with Crippen molar-refractivity contribution < 1.29 is 22.5 Å². The molecule has 110 valence electrons. The fourth-order valence-electron chi connectivity index (χ4n) is 1.76. The van der Waals surface area contributed by atoms with Gasteiger partial charge in [0.05, 0.1) is 11.0 Å². The van der Waals surface area contributed by atoms with Crippen LogP contribution in [-0.4, -0.2) is 4.92 Å². The maximum Gasteiger partial charge on any atom is 0.298 e. The normalized spacial score (nSPS) is 10.5. The molecule has 4 nitrogen and oxygen atoms in total. The zero-order valence-electron chi connectivity index (χ0n) is 10.4. The van der Waals surface area contributed by atoms with Gasteiger partial charge in [0.2, 0.25) is 0 Å². The maximum atomic E-state index is 13.6. The van der Waals surface area contributed by atoms with Crippen molar-refractivity contribution in [3.63, 3.8) is 0 Å². The summed E-state index contributed by atoms with van der Waals surface area (Å²) in [5.41, 5.74) is -1.90. The lowest BCUT2D eigenvalue weighted by Gasteiger charge is -2.10. The van der Waals surface area contributed by atoms with E-state index in [1.54, 1.807) is 0 Å². The van der Waals surface area contributed by atoms with Gasteiger partial charge in [0.25, 0.3) is 5.69 Å². The summed E-state index contributed by atoms with van der Waals surface area (Å²) < 4.78 is 53.4. The van der Waals surface area contributed by atoms with Crippen molar-refractivity contribution in [2.24, 2.45) is 0 Å². The first-order valence-corrected chi connectivity index (χ1v) is 5.70. The van der Waals surface area contributed by atoms with E-state index in [4.69, 9.17) is 0 Å². The topological polar surface area (TPSA) is 55.2 Å². The summed E-state index contributed by atoms with van der Waals surface area (Å²) in [5.74, 6) is -4.11. The molecule has 0 bridgehead atoms. The van der Waals surface area contributed by atoms with E-state index in [2.05, 4.69) is 5.32 Å². The molecule has 0 aliphatic heterocycles. The van der Waals surface area contributed by atoms with Crippen LogP contribution in [-0.2, 0) is 6.54 Å². The minimum Gasteiger partial charge on any atom is -0.373 e. The third-order valence-electron chi connectivity index (χ3n) is 2.73. The highest BCUT2D eigenvalue weighted by Gasteiger charge is 2.21. The number of nitro benzene ring substituents is 1. The molecule has 1 N–H and O–H groups in total. The van der Waals surface area contributed by atoms with Crippen molar-refractivity contribution in [3.8, 4) is 0 Å². The summed E-state index contributed by atoms with van der Waals surface area (Å²) in [7, 11) is 0. The second-order valence-corrected chi connectivity index (χ2v) is 4.09. The average molecular weight is 300 g/mol. The van der Waals surface area contributed by atoms with Crippen molar-refractivity contribution in [1.29, 1.82) is 0 Å². The largest absolute Gasteiger partial charge is 0.373 e. The van der Waals surface area contributed by atoms with E-state index in [-0.39, 0.29) is 0 Å². The fraction of sp³-hybridized carbons (Fsp3) is 0.0769. The molecule has 0 atom stereocenters. The minimum atomic E-state index is -1.22. The van der Waals surface area contributed by atoms with Crippen LogP contribution in [0.4, 0.5) is 28.9 Å². The van der Waals surface area contributed by atoms with E-state index in [9.17, 15) is 27.7 Å². The van der Waals surface area contributed by atoms with E-state index in [0.717, 1.165) is 18.2 Å². The van der Waals surface area contributed by atoms with Gasteiger partial charge in [0, 0.05) is 18.2 Å². The smallest absolute Gasteiger partial charge is 0.298 e. The first kappa shape index (κ1) is 14.8. The van der Waals surface area contributed by atoms with E-state index in [1.165, 1.54) is 0 Å². The van der Waals surface area contributed by atoms with Crippen molar-refractivity contribution in [3.05, 3.63) is 69.3 Å². The molecule has 0 amide bonds. The van der Waals surface area contributed by atoms with E-state index in [0.29, 0.717) is 12.1 Å². The third kappa shape index (κ3) is 3.10. The van der Waals surface area contributed by atoms with Crippen LogP contribution >= 0.6 is 0 Å². The summed E-state index contributed by atoms with van der Waals surface area (Å²) in [5, 5.41) is 13.0. The van der Waals surface area contributed by atoms with Crippen LogP contribution in [0, 0.1) is 33.4 Å². The number of anilines is 1. The lowest BCUT2D eigenvalue weighted by atomic mass is 10.2. The molecule has 0 unspecified atom stereocenters. The Balaban J connectivity index is 2.34. The summed E-state index contributed by atoms with van der Waals surface area (Å²) in [4.78, 5) is 9.76. The number of nitrogens with zero attached hydrogens (tertiary/aromatic N) is 1. The Morgan fingerprint density at radius 3 is 2.24 bits per heavy atom.